The number of anilines is 2. The Labute approximate surface area is 206 Å². The normalized spacial score (nSPS) is 20.1. The van der Waals surface area contributed by atoms with Crippen molar-refractivity contribution in [2.45, 2.75) is 32.6 Å². The molecular formula is C28H32N3O4-. The van der Waals surface area contributed by atoms with Crippen molar-refractivity contribution in [1.82, 2.24) is 4.90 Å². The van der Waals surface area contributed by atoms with Gasteiger partial charge in [0.25, 0.3) is 5.91 Å². The second-order valence-corrected chi connectivity index (χ2v) is 9.54. The van der Waals surface area contributed by atoms with E-state index in [1.165, 1.54) is 5.56 Å². The summed E-state index contributed by atoms with van der Waals surface area (Å²) in [4.78, 5) is 41.9. The predicted molar refractivity (Wildman–Crippen MR) is 134 cm³/mol. The molecule has 2 aromatic carbocycles. The van der Waals surface area contributed by atoms with Crippen molar-refractivity contribution >= 4 is 29.2 Å². The Morgan fingerprint density at radius 2 is 1.51 bits per heavy atom. The summed E-state index contributed by atoms with van der Waals surface area (Å²) in [6.07, 6.45) is 4.18. The second kappa shape index (κ2) is 10.8. The van der Waals surface area contributed by atoms with Crippen molar-refractivity contribution in [1.29, 1.82) is 0 Å². The van der Waals surface area contributed by atoms with E-state index < -0.39 is 23.7 Å². The monoisotopic (exact) mass is 474 g/mol. The molecule has 1 N–H and O–H groups in total. The molecule has 0 saturated carbocycles. The Morgan fingerprint density at radius 1 is 0.886 bits per heavy atom. The number of carboxylic acids is 1. The highest BCUT2D eigenvalue weighted by atomic mass is 16.4. The zero-order valence-corrected chi connectivity index (χ0v) is 20.3. The van der Waals surface area contributed by atoms with E-state index in [-0.39, 0.29) is 12.3 Å². The molecule has 2 aliphatic rings. The van der Waals surface area contributed by atoms with Crippen molar-refractivity contribution in [3.8, 4) is 0 Å². The van der Waals surface area contributed by atoms with E-state index in [0.29, 0.717) is 36.7 Å². The first kappa shape index (κ1) is 24.5. The molecule has 0 bridgehead atoms. The summed E-state index contributed by atoms with van der Waals surface area (Å²) in [5, 5.41) is 14.3. The van der Waals surface area contributed by atoms with Crippen LogP contribution in [0.5, 0.6) is 0 Å². The number of aliphatic carboxylic acids is 1. The largest absolute Gasteiger partial charge is 0.550 e. The third-order valence-corrected chi connectivity index (χ3v) is 6.98. The number of para-hydroxylation sites is 1. The Bertz CT molecular complexity index is 1100. The maximum Gasteiger partial charge on any atom is 0.256 e. The number of carbonyl (C=O) groups is 3. The standard InChI is InChI=1S/C28H33N3O4/c1-19(2)20-11-13-21(14-12-20)30-15-17-31(18-16-30)27(33)24-9-5-6-10-25(24)29-26(32)22-7-3-4-8-23(22)28(34)35/h3-6,9-14,19,22-23H,7-8,15-18H2,1-2H3,(H,29,32)(H,34,35)/p-1/t22-,23-/m1/s1. The van der Waals surface area contributed by atoms with E-state index >= 15 is 0 Å². The van der Waals surface area contributed by atoms with Gasteiger partial charge in [-0.1, -0.05) is 50.3 Å². The van der Waals surface area contributed by atoms with E-state index in [1.807, 2.05) is 6.08 Å². The van der Waals surface area contributed by atoms with Gasteiger partial charge in [-0.25, -0.2) is 0 Å². The van der Waals surface area contributed by atoms with Gasteiger partial charge in [0.15, 0.2) is 0 Å². The van der Waals surface area contributed by atoms with Gasteiger partial charge in [-0.05, 0) is 48.6 Å². The molecule has 1 aliphatic heterocycles. The van der Waals surface area contributed by atoms with Crippen LogP contribution >= 0.6 is 0 Å². The number of nitrogens with one attached hydrogen (secondary N) is 1. The number of benzene rings is 2. The molecular weight excluding hydrogens is 442 g/mol. The lowest BCUT2D eigenvalue weighted by Crippen LogP contribution is -2.49. The quantitative estimate of drug-likeness (QED) is 0.650. The summed E-state index contributed by atoms with van der Waals surface area (Å²) in [6.45, 7) is 6.95. The number of nitrogens with zero attached hydrogens (tertiary/aromatic N) is 2. The van der Waals surface area contributed by atoms with Gasteiger partial charge in [-0.2, -0.15) is 0 Å². The summed E-state index contributed by atoms with van der Waals surface area (Å²) >= 11 is 0. The Morgan fingerprint density at radius 3 is 2.14 bits per heavy atom. The molecule has 2 atom stereocenters. The third-order valence-electron chi connectivity index (χ3n) is 6.98. The van der Waals surface area contributed by atoms with E-state index in [9.17, 15) is 19.5 Å². The van der Waals surface area contributed by atoms with Gasteiger partial charge in [0.2, 0.25) is 5.91 Å². The molecule has 4 rings (SSSR count). The van der Waals surface area contributed by atoms with Crippen LogP contribution < -0.4 is 15.3 Å². The maximum atomic E-state index is 13.4. The molecule has 2 aromatic rings. The summed E-state index contributed by atoms with van der Waals surface area (Å²) < 4.78 is 0. The van der Waals surface area contributed by atoms with Crippen LogP contribution in [0.25, 0.3) is 0 Å². The van der Waals surface area contributed by atoms with Crippen molar-refractivity contribution in [2.75, 3.05) is 36.4 Å². The van der Waals surface area contributed by atoms with Crippen molar-refractivity contribution in [3.05, 3.63) is 71.8 Å². The number of carboxylic acid groups (broad SMARTS) is 1. The van der Waals surface area contributed by atoms with Gasteiger partial charge < -0.3 is 25.0 Å². The Kier molecular flexibility index (Phi) is 7.54. The Balaban J connectivity index is 1.41. The minimum Gasteiger partial charge on any atom is -0.550 e. The van der Waals surface area contributed by atoms with Gasteiger partial charge in [0.1, 0.15) is 0 Å². The first-order chi connectivity index (χ1) is 16.8. The fraction of sp³-hybridized carbons (Fsp3) is 0.393. The van der Waals surface area contributed by atoms with Crippen LogP contribution in [0.2, 0.25) is 0 Å². The minimum atomic E-state index is -1.23. The second-order valence-electron chi connectivity index (χ2n) is 9.54. The third kappa shape index (κ3) is 5.56. The van der Waals surface area contributed by atoms with Crippen molar-refractivity contribution in [3.63, 3.8) is 0 Å². The number of piperazine rings is 1. The molecule has 2 amide bonds. The molecule has 0 unspecified atom stereocenters. The molecule has 35 heavy (non-hydrogen) atoms. The predicted octanol–water partition coefficient (Wildman–Crippen LogP) is 3.04. The molecule has 7 nitrogen and oxygen atoms in total. The maximum absolute atomic E-state index is 13.4. The van der Waals surface area contributed by atoms with Crippen molar-refractivity contribution < 1.29 is 19.5 Å². The van der Waals surface area contributed by atoms with E-state index in [0.717, 1.165) is 18.8 Å². The lowest BCUT2D eigenvalue weighted by Gasteiger charge is -2.36. The number of allylic oxidation sites excluding steroid dienone is 2. The zero-order chi connectivity index (χ0) is 24.9. The average Bonchev–Trinajstić information content (AvgIpc) is 2.88. The van der Waals surface area contributed by atoms with Crippen LogP contribution in [0.3, 0.4) is 0 Å². The van der Waals surface area contributed by atoms with E-state index in [1.54, 1.807) is 35.2 Å². The molecule has 0 radical (unpaired) electrons. The lowest BCUT2D eigenvalue weighted by atomic mass is 9.82. The Hall–Kier alpha value is -3.61. The highest BCUT2D eigenvalue weighted by Crippen LogP contribution is 2.28. The molecule has 0 spiro atoms. The molecule has 7 heteroatoms. The number of hydrogen-bond donors (Lipinski definition) is 1. The number of amides is 2. The summed E-state index contributed by atoms with van der Waals surface area (Å²) in [6, 6.07) is 15.5. The fourth-order valence-electron chi connectivity index (χ4n) is 4.78. The summed E-state index contributed by atoms with van der Waals surface area (Å²) in [7, 11) is 0. The number of hydrogen-bond acceptors (Lipinski definition) is 5. The SMILES string of the molecule is CC(C)c1ccc(N2CCN(C(=O)c3ccccc3NC(=O)[C@@H]3CC=CC[C@H]3C(=O)[O-])CC2)cc1. The molecule has 184 valence electrons. The van der Waals surface area contributed by atoms with Gasteiger partial charge in [0, 0.05) is 43.8 Å². The lowest BCUT2D eigenvalue weighted by molar-refractivity contribution is -0.313. The zero-order valence-electron chi connectivity index (χ0n) is 20.3. The molecule has 1 saturated heterocycles. The highest BCUT2D eigenvalue weighted by Gasteiger charge is 2.31. The van der Waals surface area contributed by atoms with Gasteiger partial charge >= 0.3 is 0 Å². The first-order valence-electron chi connectivity index (χ1n) is 12.2. The topological polar surface area (TPSA) is 92.8 Å². The highest BCUT2D eigenvalue weighted by molar-refractivity contribution is 6.04. The van der Waals surface area contributed by atoms with Crippen LogP contribution in [-0.2, 0) is 9.59 Å². The minimum absolute atomic E-state index is 0.143. The van der Waals surface area contributed by atoms with Gasteiger partial charge in [-0.3, -0.25) is 9.59 Å². The van der Waals surface area contributed by atoms with Crippen LogP contribution in [0.15, 0.2) is 60.7 Å². The summed E-state index contributed by atoms with van der Waals surface area (Å²) in [5.41, 5.74) is 3.27. The van der Waals surface area contributed by atoms with Crippen LogP contribution in [-0.4, -0.2) is 48.9 Å². The molecule has 1 aliphatic carbocycles. The first-order valence-corrected chi connectivity index (χ1v) is 12.2. The van der Waals surface area contributed by atoms with E-state index in [2.05, 4.69) is 48.3 Å². The molecule has 0 aromatic heterocycles. The van der Waals surface area contributed by atoms with Crippen molar-refractivity contribution in [2.24, 2.45) is 11.8 Å². The van der Waals surface area contributed by atoms with Gasteiger partial charge in [0.05, 0.1) is 17.2 Å². The smallest absolute Gasteiger partial charge is 0.256 e. The number of rotatable bonds is 6. The summed E-state index contributed by atoms with van der Waals surface area (Å²) in [5.74, 6) is -2.88. The molecule has 1 fully saturated rings. The van der Waals surface area contributed by atoms with Crippen LogP contribution in [0.1, 0.15) is 48.5 Å². The molecule has 1 heterocycles. The average molecular weight is 475 g/mol. The fourth-order valence-corrected chi connectivity index (χ4v) is 4.78. The van der Waals surface area contributed by atoms with E-state index in [4.69, 9.17) is 0 Å². The number of carbonyl (C=O) groups excluding carboxylic acids is 3. The van der Waals surface area contributed by atoms with Gasteiger partial charge in [-0.15, -0.1) is 0 Å². The van der Waals surface area contributed by atoms with Crippen LogP contribution in [0.4, 0.5) is 11.4 Å². The van der Waals surface area contributed by atoms with Crippen LogP contribution in [0, 0.1) is 11.8 Å².